The maximum absolute atomic E-state index is 11.3. The molecule has 108 valence electrons. The molecule has 0 spiro atoms. The number of carboxylic acid groups (broad SMARTS) is 1. The normalized spacial score (nSPS) is 11.0. The molecule has 0 aliphatic heterocycles. The Morgan fingerprint density at radius 1 is 1.43 bits per heavy atom. The lowest BCUT2D eigenvalue weighted by molar-refractivity contribution is 0.0691. The third-order valence-electron chi connectivity index (χ3n) is 3.11. The van der Waals surface area contributed by atoms with E-state index in [9.17, 15) is 9.90 Å². The van der Waals surface area contributed by atoms with Crippen LogP contribution in [-0.4, -0.2) is 40.6 Å². The minimum absolute atomic E-state index is 0.148. The number of imidazole rings is 1. The molecule has 0 aliphatic rings. The van der Waals surface area contributed by atoms with Crippen LogP contribution in [0.3, 0.4) is 0 Å². The monoisotopic (exact) mass is 288 g/mol. The van der Waals surface area contributed by atoms with Gasteiger partial charge in [-0.05, 0) is 6.92 Å². The third-order valence-corrected chi connectivity index (χ3v) is 3.11. The summed E-state index contributed by atoms with van der Waals surface area (Å²) in [5, 5.41) is 16.9. The molecule has 0 bridgehead atoms. The zero-order valence-corrected chi connectivity index (χ0v) is 11.4. The van der Waals surface area contributed by atoms with Gasteiger partial charge in [0.2, 0.25) is 5.69 Å². The van der Waals surface area contributed by atoms with Gasteiger partial charge in [-0.1, -0.05) is 5.21 Å². The summed E-state index contributed by atoms with van der Waals surface area (Å²) in [5.74, 6) is -0.0390. The van der Waals surface area contributed by atoms with E-state index in [4.69, 9.17) is 4.42 Å². The van der Waals surface area contributed by atoms with Gasteiger partial charge in [0.25, 0.3) is 0 Å². The minimum atomic E-state index is -1.16. The van der Waals surface area contributed by atoms with Crippen molar-refractivity contribution in [1.82, 2.24) is 29.5 Å². The first-order valence-electron chi connectivity index (χ1n) is 6.11. The molecular formula is C12H12N6O3. The highest BCUT2D eigenvalue weighted by Crippen LogP contribution is 2.21. The number of rotatable bonds is 4. The summed E-state index contributed by atoms with van der Waals surface area (Å²) < 4.78 is 8.30. The zero-order chi connectivity index (χ0) is 15.0. The highest BCUT2D eigenvalue weighted by molar-refractivity contribution is 5.91. The Morgan fingerprint density at radius 2 is 2.24 bits per heavy atom. The standard InChI is InChI=1S/C12H12N6O3/c1-7-8(14-6-21-7)5-18-10(9(12(19)20)15-16-18)11-13-3-4-17(11)2/h3-4,6H,5H2,1-2H3,(H,19,20). The first-order valence-corrected chi connectivity index (χ1v) is 6.11. The summed E-state index contributed by atoms with van der Waals surface area (Å²) in [6.45, 7) is 2.03. The second kappa shape index (κ2) is 4.85. The van der Waals surface area contributed by atoms with Crippen molar-refractivity contribution in [3.63, 3.8) is 0 Å². The van der Waals surface area contributed by atoms with E-state index in [0.717, 1.165) is 0 Å². The van der Waals surface area contributed by atoms with Crippen molar-refractivity contribution in [2.75, 3.05) is 0 Å². The second-order valence-corrected chi connectivity index (χ2v) is 4.47. The van der Waals surface area contributed by atoms with Crippen molar-refractivity contribution in [1.29, 1.82) is 0 Å². The van der Waals surface area contributed by atoms with Gasteiger partial charge in [-0.15, -0.1) is 5.10 Å². The quantitative estimate of drug-likeness (QED) is 0.752. The summed E-state index contributed by atoms with van der Waals surface area (Å²) in [6.07, 6.45) is 4.64. The maximum atomic E-state index is 11.3. The van der Waals surface area contributed by atoms with Crippen LogP contribution in [0.4, 0.5) is 0 Å². The molecule has 1 N–H and O–H groups in total. The van der Waals surface area contributed by atoms with Crippen LogP contribution in [0.2, 0.25) is 0 Å². The summed E-state index contributed by atoms with van der Waals surface area (Å²) in [7, 11) is 1.77. The van der Waals surface area contributed by atoms with Gasteiger partial charge in [0, 0.05) is 19.4 Å². The van der Waals surface area contributed by atoms with E-state index in [-0.39, 0.29) is 12.2 Å². The number of hydrogen-bond acceptors (Lipinski definition) is 6. The van der Waals surface area contributed by atoms with Crippen molar-refractivity contribution in [3.05, 3.63) is 35.9 Å². The topological polar surface area (TPSA) is 112 Å². The maximum Gasteiger partial charge on any atom is 0.358 e. The van der Waals surface area contributed by atoms with E-state index in [1.807, 2.05) is 0 Å². The summed E-state index contributed by atoms with van der Waals surface area (Å²) in [4.78, 5) is 19.6. The Hall–Kier alpha value is -2.97. The molecule has 0 aliphatic carbocycles. The van der Waals surface area contributed by atoms with E-state index in [2.05, 4.69) is 20.3 Å². The van der Waals surface area contributed by atoms with E-state index in [1.54, 1.807) is 30.9 Å². The van der Waals surface area contributed by atoms with Crippen LogP contribution in [0.1, 0.15) is 21.9 Å². The number of aromatic nitrogens is 6. The molecule has 0 radical (unpaired) electrons. The molecular weight excluding hydrogens is 276 g/mol. The lowest BCUT2D eigenvalue weighted by Gasteiger charge is -2.06. The van der Waals surface area contributed by atoms with E-state index in [1.165, 1.54) is 11.1 Å². The summed E-state index contributed by atoms with van der Waals surface area (Å²) in [6, 6.07) is 0. The average molecular weight is 288 g/mol. The number of aryl methyl sites for hydroxylation is 2. The molecule has 9 heteroatoms. The molecule has 0 saturated carbocycles. The van der Waals surface area contributed by atoms with Gasteiger partial charge < -0.3 is 14.1 Å². The molecule has 0 atom stereocenters. The molecule has 0 fully saturated rings. The van der Waals surface area contributed by atoms with Crippen molar-refractivity contribution < 1.29 is 14.3 Å². The van der Waals surface area contributed by atoms with Crippen LogP contribution in [0.5, 0.6) is 0 Å². The number of carboxylic acids is 1. The van der Waals surface area contributed by atoms with E-state index < -0.39 is 5.97 Å². The molecule has 9 nitrogen and oxygen atoms in total. The number of hydrogen-bond donors (Lipinski definition) is 1. The van der Waals surface area contributed by atoms with Crippen molar-refractivity contribution >= 4 is 5.97 Å². The Morgan fingerprint density at radius 3 is 2.81 bits per heavy atom. The van der Waals surface area contributed by atoms with Crippen molar-refractivity contribution in [3.8, 4) is 11.5 Å². The molecule has 3 aromatic heterocycles. The van der Waals surface area contributed by atoms with Gasteiger partial charge in [0.05, 0.1) is 6.54 Å². The van der Waals surface area contributed by atoms with Gasteiger partial charge in [0.1, 0.15) is 17.1 Å². The summed E-state index contributed by atoms with van der Waals surface area (Å²) >= 11 is 0. The number of nitrogens with zero attached hydrogens (tertiary/aromatic N) is 6. The lowest BCUT2D eigenvalue weighted by atomic mass is 10.3. The third kappa shape index (κ3) is 2.18. The number of aromatic carboxylic acids is 1. The van der Waals surface area contributed by atoms with Crippen LogP contribution >= 0.6 is 0 Å². The van der Waals surface area contributed by atoms with Crippen molar-refractivity contribution in [2.45, 2.75) is 13.5 Å². The highest BCUT2D eigenvalue weighted by Gasteiger charge is 2.24. The van der Waals surface area contributed by atoms with E-state index in [0.29, 0.717) is 23.0 Å². The van der Waals surface area contributed by atoms with Crippen LogP contribution in [0.25, 0.3) is 11.5 Å². The largest absolute Gasteiger partial charge is 0.476 e. The molecule has 0 aromatic carbocycles. The molecule has 21 heavy (non-hydrogen) atoms. The number of carbonyl (C=O) groups is 1. The molecule has 3 heterocycles. The fourth-order valence-corrected chi connectivity index (χ4v) is 2.00. The highest BCUT2D eigenvalue weighted by atomic mass is 16.4. The molecule has 3 rings (SSSR count). The van der Waals surface area contributed by atoms with Crippen LogP contribution < -0.4 is 0 Å². The van der Waals surface area contributed by atoms with Gasteiger partial charge in [0.15, 0.2) is 12.2 Å². The molecule has 3 aromatic rings. The fourth-order valence-electron chi connectivity index (χ4n) is 2.00. The molecule has 0 saturated heterocycles. The smallest absolute Gasteiger partial charge is 0.358 e. The Bertz CT molecular complexity index is 800. The molecule has 0 amide bonds. The van der Waals surface area contributed by atoms with Crippen LogP contribution in [-0.2, 0) is 13.6 Å². The SMILES string of the molecule is Cc1ocnc1Cn1nnc(C(=O)O)c1-c1nccn1C. The predicted octanol–water partition coefficient (Wildman–Crippen LogP) is 0.722. The summed E-state index contributed by atoms with van der Waals surface area (Å²) in [5.41, 5.74) is 0.843. The van der Waals surface area contributed by atoms with Gasteiger partial charge in [-0.3, -0.25) is 0 Å². The minimum Gasteiger partial charge on any atom is -0.476 e. The van der Waals surface area contributed by atoms with Gasteiger partial charge >= 0.3 is 5.97 Å². The van der Waals surface area contributed by atoms with E-state index >= 15 is 0 Å². The van der Waals surface area contributed by atoms with Gasteiger partial charge in [-0.2, -0.15) is 0 Å². The van der Waals surface area contributed by atoms with Crippen LogP contribution in [0.15, 0.2) is 23.2 Å². The first-order chi connectivity index (χ1) is 10.1. The Balaban J connectivity index is 2.12. The van der Waals surface area contributed by atoms with Crippen LogP contribution in [0, 0.1) is 6.92 Å². The second-order valence-electron chi connectivity index (χ2n) is 4.47. The fraction of sp³-hybridized carbons (Fsp3) is 0.250. The molecule has 0 unspecified atom stereocenters. The van der Waals surface area contributed by atoms with Crippen molar-refractivity contribution in [2.24, 2.45) is 7.05 Å². The predicted molar refractivity (Wildman–Crippen MR) is 69.5 cm³/mol. The lowest BCUT2D eigenvalue weighted by Crippen LogP contribution is -2.09. The average Bonchev–Trinajstić information content (AvgIpc) is 3.12. The first kappa shape index (κ1) is 13.0. The Kier molecular flexibility index (Phi) is 3.01. The zero-order valence-electron chi connectivity index (χ0n) is 11.4. The van der Waals surface area contributed by atoms with Gasteiger partial charge in [-0.25, -0.2) is 19.4 Å². The Labute approximate surface area is 118 Å². The number of oxazole rings is 1.